The maximum atomic E-state index is 11.7. The van der Waals surface area contributed by atoms with Crippen molar-refractivity contribution in [3.8, 4) is 0 Å². The number of urea groups is 1. The van der Waals surface area contributed by atoms with Gasteiger partial charge >= 0.3 is 6.03 Å². The van der Waals surface area contributed by atoms with Crippen LogP contribution in [0.15, 0.2) is 24.3 Å². The predicted octanol–water partition coefficient (Wildman–Crippen LogP) is 2.61. The van der Waals surface area contributed by atoms with Gasteiger partial charge in [-0.25, -0.2) is 4.79 Å². The Morgan fingerprint density at radius 1 is 1.24 bits per heavy atom. The summed E-state index contributed by atoms with van der Waals surface area (Å²) in [5, 5.41) is 8.61. The second kappa shape index (κ2) is 7.43. The number of halogens is 1. The van der Waals surface area contributed by atoms with Gasteiger partial charge in [0.25, 0.3) is 0 Å². The van der Waals surface area contributed by atoms with Crippen LogP contribution in [0.4, 0.5) is 4.79 Å². The van der Waals surface area contributed by atoms with E-state index in [1.165, 1.54) is 0 Å². The van der Waals surface area contributed by atoms with Gasteiger partial charge in [-0.3, -0.25) is 10.1 Å². The van der Waals surface area contributed by atoms with E-state index < -0.39 is 11.9 Å². The Kier molecular flexibility index (Phi) is 6.18. The van der Waals surface area contributed by atoms with E-state index in [-0.39, 0.29) is 18.1 Å². The van der Waals surface area contributed by atoms with Crippen LogP contribution in [0.1, 0.15) is 39.3 Å². The Morgan fingerprint density at radius 2 is 1.86 bits per heavy atom. The van der Waals surface area contributed by atoms with E-state index in [9.17, 15) is 9.59 Å². The second-order valence-electron chi connectivity index (χ2n) is 5.88. The van der Waals surface area contributed by atoms with E-state index in [4.69, 9.17) is 11.6 Å². The highest BCUT2D eigenvalue weighted by molar-refractivity contribution is 6.31. The fraction of sp³-hybridized carbons (Fsp3) is 0.467. The molecule has 3 amide bonds. The highest BCUT2D eigenvalue weighted by Gasteiger charge is 2.16. The van der Waals surface area contributed by atoms with Crippen LogP contribution >= 0.6 is 11.6 Å². The summed E-state index contributed by atoms with van der Waals surface area (Å²) < 4.78 is 0. The first-order valence-corrected chi connectivity index (χ1v) is 7.16. The first-order chi connectivity index (χ1) is 9.69. The van der Waals surface area contributed by atoms with E-state index in [0.29, 0.717) is 5.02 Å². The fourth-order valence-corrected chi connectivity index (χ4v) is 2.02. The molecule has 0 aliphatic rings. The van der Waals surface area contributed by atoms with E-state index in [2.05, 4.69) is 16.0 Å². The smallest absolute Gasteiger partial charge is 0.321 e. The van der Waals surface area contributed by atoms with Crippen LogP contribution in [0, 0.1) is 0 Å². The minimum absolute atomic E-state index is 0.0317. The first-order valence-electron chi connectivity index (χ1n) is 6.79. The monoisotopic (exact) mass is 311 g/mol. The van der Waals surface area contributed by atoms with Crippen LogP contribution in [0.3, 0.4) is 0 Å². The molecule has 21 heavy (non-hydrogen) atoms. The van der Waals surface area contributed by atoms with Crippen LogP contribution in [0.5, 0.6) is 0 Å². The first kappa shape index (κ1) is 17.5. The van der Waals surface area contributed by atoms with Crippen LogP contribution < -0.4 is 16.0 Å². The molecule has 3 N–H and O–H groups in total. The molecule has 116 valence electrons. The Bertz CT molecular complexity index is 512. The largest absolute Gasteiger partial charge is 0.333 e. The van der Waals surface area contributed by atoms with Crippen molar-refractivity contribution in [2.24, 2.45) is 0 Å². The molecule has 1 rings (SSSR count). The number of rotatable bonds is 4. The van der Waals surface area contributed by atoms with Crippen molar-refractivity contribution in [2.45, 2.75) is 39.3 Å². The molecule has 5 nitrogen and oxygen atoms in total. The van der Waals surface area contributed by atoms with Gasteiger partial charge in [0.1, 0.15) is 0 Å². The fourth-order valence-electron chi connectivity index (χ4n) is 1.72. The number of carbonyl (C=O) groups excluding carboxylic acids is 2. The summed E-state index contributed by atoms with van der Waals surface area (Å²) in [6, 6.07) is 6.84. The Balaban J connectivity index is 2.43. The van der Waals surface area contributed by atoms with Crippen molar-refractivity contribution in [3.05, 3.63) is 34.9 Å². The lowest BCUT2D eigenvalue weighted by atomic mass is 10.1. The number of hydrogen-bond donors (Lipinski definition) is 3. The minimum Gasteiger partial charge on any atom is -0.333 e. The molecule has 0 saturated heterocycles. The zero-order chi connectivity index (χ0) is 16.0. The van der Waals surface area contributed by atoms with Crippen molar-refractivity contribution in [1.29, 1.82) is 0 Å². The zero-order valence-electron chi connectivity index (χ0n) is 12.8. The maximum Gasteiger partial charge on any atom is 0.321 e. The summed E-state index contributed by atoms with van der Waals surface area (Å²) in [5.41, 5.74) is 0.522. The molecule has 0 radical (unpaired) electrons. The van der Waals surface area contributed by atoms with Gasteiger partial charge in [0.2, 0.25) is 5.91 Å². The van der Waals surface area contributed by atoms with E-state index in [1.807, 2.05) is 45.9 Å². The quantitative estimate of drug-likeness (QED) is 0.800. The predicted molar refractivity (Wildman–Crippen MR) is 84.3 cm³/mol. The third kappa shape index (κ3) is 6.60. The number of nitrogens with one attached hydrogen (secondary N) is 3. The standard InChI is InChI=1S/C15H22ClN3O2/c1-10(11-7-5-6-8-12(11)16)17-9-13(20)18-14(21)19-15(2,3)4/h5-8,10,17H,9H2,1-4H3,(H2,18,19,20,21)/t10-/m1/s1. The molecule has 0 aliphatic carbocycles. The van der Waals surface area contributed by atoms with Crippen molar-refractivity contribution in [3.63, 3.8) is 0 Å². The lowest BCUT2D eigenvalue weighted by Crippen LogP contribution is -2.50. The molecule has 0 heterocycles. The third-order valence-corrected chi connectivity index (χ3v) is 3.03. The zero-order valence-corrected chi connectivity index (χ0v) is 13.5. The normalized spacial score (nSPS) is 12.6. The Labute approximate surface area is 130 Å². The number of imide groups is 1. The Morgan fingerprint density at radius 3 is 2.43 bits per heavy atom. The topological polar surface area (TPSA) is 70.2 Å². The minimum atomic E-state index is -0.500. The van der Waals surface area contributed by atoms with Gasteiger partial charge in [0.15, 0.2) is 0 Å². The van der Waals surface area contributed by atoms with Crippen LogP contribution in [0.2, 0.25) is 5.02 Å². The number of hydrogen-bond acceptors (Lipinski definition) is 3. The van der Waals surface area contributed by atoms with Gasteiger partial charge < -0.3 is 10.6 Å². The lowest BCUT2D eigenvalue weighted by molar-refractivity contribution is -0.119. The molecule has 1 atom stereocenters. The van der Waals surface area contributed by atoms with E-state index in [1.54, 1.807) is 6.07 Å². The molecule has 1 aromatic carbocycles. The molecule has 0 unspecified atom stereocenters. The van der Waals surface area contributed by atoms with Gasteiger partial charge in [0, 0.05) is 16.6 Å². The average Bonchev–Trinajstić information content (AvgIpc) is 2.34. The van der Waals surface area contributed by atoms with Crippen LogP contribution in [0.25, 0.3) is 0 Å². The summed E-state index contributed by atoms with van der Waals surface area (Å²) in [5.74, 6) is -0.393. The molecule has 0 bridgehead atoms. The molecule has 0 spiro atoms. The van der Waals surface area contributed by atoms with Crippen molar-refractivity contribution in [1.82, 2.24) is 16.0 Å². The number of benzene rings is 1. The molecule has 6 heteroatoms. The van der Waals surface area contributed by atoms with E-state index >= 15 is 0 Å². The highest BCUT2D eigenvalue weighted by Crippen LogP contribution is 2.21. The van der Waals surface area contributed by atoms with Crippen molar-refractivity contribution in [2.75, 3.05) is 6.54 Å². The van der Waals surface area contributed by atoms with Gasteiger partial charge in [0.05, 0.1) is 6.54 Å². The SMILES string of the molecule is C[C@@H](NCC(=O)NC(=O)NC(C)(C)C)c1ccccc1Cl. The summed E-state index contributed by atoms with van der Waals surface area (Å²) in [6.07, 6.45) is 0. The van der Waals surface area contributed by atoms with Gasteiger partial charge in [-0.2, -0.15) is 0 Å². The van der Waals surface area contributed by atoms with Crippen molar-refractivity contribution >= 4 is 23.5 Å². The summed E-state index contributed by atoms with van der Waals surface area (Å²) >= 11 is 6.09. The highest BCUT2D eigenvalue weighted by atomic mass is 35.5. The summed E-state index contributed by atoms with van der Waals surface area (Å²) in [6.45, 7) is 7.46. The average molecular weight is 312 g/mol. The van der Waals surface area contributed by atoms with Crippen LogP contribution in [-0.2, 0) is 4.79 Å². The van der Waals surface area contributed by atoms with Gasteiger partial charge in [-0.15, -0.1) is 0 Å². The molecule has 0 saturated carbocycles. The molecule has 0 aliphatic heterocycles. The second-order valence-corrected chi connectivity index (χ2v) is 6.28. The molecule has 0 fully saturated rings. The third-order valence-electron chi connectivity index (χ3n) is 2.68. The molecule has 0 aromatic heterocycles. The lowest BCUT2D eigenvalue weighted by Gasteiger charge is -2.20. The Hall–Kier alpha value is -1.59. The van der Waals surface area contributed by atoms with E-state index in [0.717, 1.165) is 5.56 Å². The summed E-state index contributed by atoms with van der Waals surface area (Å²) in [4.78, 5) is 23.2. The molecule has 1 aromatic rings. The maximum absolute atomic E-state index is 11.7. The molecular weight excluding hydrogens is 290 g/mol. The van der Waals surface area contributed by atoms with Gasteiger partial charge in [-0.1, -0.05) is 29.8 Å². The van der Waals surface area contributed by atoms with Crippen molar-refractivity contribution < 1.29 is 9.59 Å². The number of carbonyl (C=O) groups is 2. The number of amides is 3. The van der Waals surface area contributed by atoms with Gasteiger partial charge in [-0.05, 0) is 39.3 Å². The molecular formula is C15H22ClN3O2. The van der Waals surface area contributed by atoms with Crippen LogP contribution in [-0.4, -0.2) is 24.0 Å². The summed E-state index contributed by atoms with van der Waals surface area (Å²) in [7, 11) is 0.